The van der Waals surface area contributed by atoms with Crippen molar-refractivity contribution in [3.63, 3.8) is 0 Å². The molecular formula is C11H16ClN3. The third-order valence-corrected chi connectivity index (χ3v) is 2.32. The largest absolute Gasteiger partial charge is 0.308 e. The summed E-state index contributed by atoms with van der Waals surface area (Å²) in [6.45, 7) is 4.83. The standard InChI is InChI=1S/C11H16ClN3/c1-3-6-14-11(15-13)10-7-9(12)5-4-8(10)2/h4-5,7H,3,6,13H2,1-2H3,(H,14,15). The molecule has 0 aromatic heterocycles. The van der Waals surface area contributed by atoms with E-state index < -0.39 is 0 Å². The van der Waals surface area contributed by atoms with Crippen molar-refractivity contribution < 1.29 is 0 Å². The van der Waals surface area contributed by atoms with Crippen LogP contribution in [0.3, 0.4) is 0 Å². The predicted octanol–water partition coefficient (Wildman–Crippen LogP) is 2.27. The van der Waals surface area contributed by atoms with E-state index in [1.54, 1.807) is 0 Å². The molecule has 0 amide bonds. The van der Waals surface area contributed by atoms with E-state index in [0.29, 0.717) is 10.9 Å². The van der Waals surface area contributed by atoms with Crippen LogP contribution in [0.5, 0.6) is 0 Å². The molecule has 4 heteroatoms. The summed E-state index contributed by atoms with van der Waals surface area (Å²) in [7, 11) is 0. The first-order valence-electron chi connectivity index (χ1n) is 4.96. The number of amidine groups is 1. The highest BCUT2D eigenvalue weighted by Gasteiger charge is 2.05. The zero-order valence-corrected chi connectivity index (χ0v) is 9.80. The summed E-state index contributed by atoms with van der Waals surface area (Å²) in [5.74, 6) is 6.13. The monoisotopic (exact) mass is 225 g/mol. The van der Waals surface area contributed by atoms with Crippen molar-refractivity contribution in [3.05, 3.63) is 34.3 Å². The molecule has 0 aliphatic rings. The van der Waals surface area contributed by atoms with Crippen molar-refractivity contribution in [2.75, 3.05) is 6.54 Å². The van der Waals surface area contributed by atoms with Crippen molar-refractivity contribution >= 4 is 17.4 Å². The third kappa shape index (κ3) is 3.22. The summed E-state index contributed by atoms with van der Waals surface area (Å²) >= 11 is 5.93. The average molecular weight is 226 g/mol. The van der Waals surface area contributed by atoms with Gasteiger partial charge in [-0.25, -0.2) is 5.84 Å². The van der Waals surface area contributed by atoms with Crippen molar-refractivity contribution in [3.8, 4) is 0 Å². The first kappa shape index (κ1) is 12.0. The van der Waals surface area contributed by atoms with E-state index in [0.717, 1.165) is 24.1 Å². The topological polar surface area (TPSA) is 50.4 Å². The lowest BCUT2D eigenvalue weighted by Gasteiger charge is -2.09. The van der Waals surface area contributed by atoms with Crippen LogP contribution in [0.4, 0.5) is 0 Å². The zero-order valence-electron chi connectivity index (χ0n) is 9.05. The molecule has 0 saturated heterocycles. The van der Waals surface area contributed by atoms with Gasteiger partial charge in [-0.15, -0.1) is 0 Å². The molecule has 1 rings (SSSR count). The Morgan fingerprint density at radius 3 is 2.87 bits per heavy atom. The summed E-state index contributed by atoms with van der Waals surface area (Å²) in [5.41, 5.74) is 4.67. The maximum atomic E-state index is 5.93. The molecule has 0 fully saturated rings. The molecule has 3 N–H and O–H groups in total. The maximum Gasteiger partial charge on any atom is 0.142 e. The van der Waals surface area contributed by atoms with E-state index in [1.807, 2.05) is 25.1 Å². The second kappa shape index (κ2) is 5.73. The van der Waals surface area contributed by atoms with Crippen LogP contribution in [0.2, 0.25) is 5.02 Å². The van der Waals surface area contributed by atoms with Crippen LogP contribution >= 0.6 is 11.6 Å². The smallest absolute Gasteiger partial charge is 0.142 e. The molecule has 82 valence electrons. The summed E-state index contributed by atoms with van der Waals surface area (Å²) in [5, 5.41) is 0.690. The van der Waals surface area contributed by atoms with Crippen LogP contribution in [0, 0.1) is 6.92 Å². The average Bonchev–Trinajstić information content (AvgIpc) is 2.24. The summed E-state index contributed by atoms with van der Waals surface area (Å²) in [6, 6.07) is 5.68. The Kier molecular flexibility index (Phi) is 4.59. The van der Waals surface area contributed by atoms with Crippen LogP contribution in [-0.4, -0.2) is 12.4 Å². The molecule has 1 aromatic carbocycles. The lowest BCUT2D eigenvalue weighted by atomic mass is 10.1. The summed E-state index contributed by atoms with van der Waals surface area (Å²) in [4.78, 5) is 4.35. The number of halogens is 1. The minimum absolute atomic E-state index is 0.690. The molecule has 0 radical (unpaired) electrons. The number of nitrogens with zero attached hydrogens (tertiary/aromatic N) is 1. The van der Waals surface area contributed by atoms with Crippen molar-refractivity contribution in [2.24, 2.45) is 10.8 Å². The molecule has 0 aliphatic carbocycles. The Morgan fingerprint density at radius 1 is 1.53 bits per heavy atom. The minimum atomic E-state index is 0.690. The Hall–Kier alpha value is -1.06. The fourth-order valence-electron chi connectivity index (χ4n) is 1.28. The predicted molar refractivity (Wildman–Crippen MR) is 65.2 cm³/mol. The van der Waals surface area contributed by atoms with Gasteiger partial charge >= 0.3 is 0 Å². The lowest BCUT2D eigenvalue weighted by molar-refractivity contribution is 0.907. The lowest BCUT2D eigenvalue weighted by Crippen LogP contribution is -2.32. The summed E-state index contributed by atoms with van der Waals surface area (Å²) < 4.78 is 0. The first-order valence-corrected chi connectivity index (χ1v) is 5.34. The molecule has 0 unspecified atom stereocenters. The number of nitrogens with one attached hydrogen (secondary N) is 1. The Morgan fingerprint density at radius 2 is 2.27 bits per heavy atom. The van der Waals surface area contributed by atoms with Gasteiger partial charge in [0.15, 0.2) is 0 Å². The number of hydrogen-bond acceptors (Lipinski definition) is 2. The molecule has 0 atom stereocenters. The highest BCUT2D eigenvalue weighted by molar-refractivity contribution is 6.31. The van der Waals surface area contributed by atoms with Gasteiger partial charge in [0.2, 0.25) is 0 Å². The van der Waals surface area contributed by atoms with Gasteiger partial charge in [-0.05, 0) is 31.0 Å². The molecule has 0 saturated carbocycles. The van der Waals surface area contributed by atoms with Gasteiger partial charge in [0.05, 0.1) is 0 Å². The van der Waals surface area contributed by atoms with Gasteiger partial charge in [-0.2, -0.15) is 0 Å². The van der Waals surface area contributed by atoms with Gasteiger partial charge < -0.3 is 5.43 Å². The second-order valence-corrected chi connectivity index (χ2v) is 3.77. The SMILES string of the molecule is CCCN=C(NN)c1cc(Cl)ccc1C. The van der Waals surface area contributed by atoms with Gasteiger partial charge in [0, 0.05) is 17.1 Å². The number of rotatable bonds is 3. The molecular weight excluding hydrogens is 210 g/mol. The highest BCUT2D eigenvalue weighted by Crippen LogP contribution is 2.15. The quantitative estimate of drug-likeness (QED) is 0.359. The molecule has 15 heavy (non-hydrogen) atoms. The Bertz CT molecular complexity index is 361. The maximum absolute atomic E-state index is 5.93. The molecule has 0 spiro atoms. The zero-order chi connectivity index (χ0) is 11.3. The van der Waals surface area contributed by atoms with Crippen LogP contribution in [-0.2, 0) is 0 Å². The van der Waals surface area contributed by atoms with Gasteiger partial charge in [0.25, 0.3) is 0 Å². The number of aryl methyl sites for hydroxylation is 1. The van der Waals surface area contributed by atoms with Crippen LogP contribution in [0.1, 0.15) is 24.5 Å². The summed E-state index contributed by atoms with van der Waals surface area (Å²) in [6.07, 6.45) is 0.991. The van der Waals surface area contributed by atoms with Gasteiger partial charge in [0.1, 0.15) is 5.84 Å². The van der Waals surface area contributed by atoms with Crippen LogP contribution in [0.25, 0.3) is 0 Å². The normalized spacial score (nSPS) is 11.6. The van der Waals surface area contributed by atoms with E-state index in [-0.39, 0.29) is 0 Å². The Labute approximate surface area is 95.3 Å². The molecule has 0 aliphatic heterocycles. The van der Waals surface area contributed by atoms with E-state index in [9.17, 15) is 0 Å². The third-order valence-electron chi connectivity index (χ3n) is 2.08. The van der Waals surface area contributed by atoms with Crippen LogP contribution < -0.4 is 11.3 Å². The number of benzene rings is 1. The molecule has 1 aromatic rings. The number of aliphatic imine (C=N–C) groups is 1. The van der Waals surface area contributed by atoms with Gasteiger partial charge in [-0.1, -0.05) is 24.6 Å². The highest BCUT2D eigenvalue weighted by atomic mass is 35.5. The molecule has 0 bridgehead atoms. The Balaban J connectivity index is 3.05. The van der Waals surface area contributed by atoms with Crippen molar-refractivity contribution in [1.82, 2.24) is 5.43 Å². The fraction of sp³-hybridized carbons (Fsp3) is 0.364. The van der Waals surface area contributed by atoms with Crippen molar-refractivity contribution in [2.45, 2.75) is 20.3 Å². The molecule has 3 nitrogen and oxygen atoms in total. The number of nitrogens with two attached hydrogens (primary N) is 1. The second-order valence-electron chi connectivity index (χ2n) is 3.33. The fourth-order valence-corrected chi connectivity index (χ4v) is 1.45. The van der Waals surface area contributed by atoms with E-state index in [4.69, 9.17) is 17.4 Å². The van der Waals surface area contributed by atoms with Crippen molar-refractivity contribution in [1.29, 1.82) is 0 Å². The van der Waals surface area contributed by atoms with E-state index in [2.05, 4.69) is 17.3 Å². The number of hydrazine groups is 1. The van der Waals surface area contributed by atoms with E-state index in [1.165, 1.54) is 0 Å². The number of hydrogen-bond donors (Lipinski definition) is 2. The van der Waals surface area contributed by atoms with E-state index >= 15 is 0 Å². The first-order chi connectivity index (χ1) is 7.19. The van der Waals surface area contributed by atoms with Crippen LogP contribution in [0.15, 0.2) is 23.2 Å². The molecule has 0 heterocycles. The van der Waals surface area contributed by atoms with Gasteiger partial charge in [-0.3, -0.25) is 4.99 Å². The minimum Gasteiger partial charge on any atom is -0.308 e.